The summed E-state index contributed by atoms with van der Waals surface area (Å²) >= 11 is 1.69. The Morgan fingerprint density at radius 3 is 3.05 bits per heavy atom. The summed E-state index contributed by atoms with van der Waals surface area (Å²) in [7, 11) is 0. The van der Waals surface area contributed by atoms with Crippen molar-refractivity contribution >= 4 is 17.6 Å². The molecule has 1 unspecified atom stereocenters. The van der Waals surface area contributed by atoms with E-state index < -0.39 is 0 Å². The van der Waals surface area contributed by atoms with Crippen LogP contribution < -0.4 is 16.0 Å². The molecule has 0 spiro atoms. The number of benzene rings is 1. The van der Waals surface area contributed by atoms with Gasteiger partial charge in [0.1, 0.15) is 11.6 Å². The number of aromatic amines is 1. The summed E-state index contributed by atoms with van der Waals surface area (Å²) in [6.45, 7) is 2.00. The molecule has 0 fully saturated rings. The predicted octanol–water partition coefficient (Wildman–Crippen LogP) is 2.53. The van der Waals surface area contributed by atoms with Gasteiger partial charge in [-0.25, -0.2) is 4.98 Å². The van der Waals surface area contributed by atoms with Crippen LogP contribution in [0.25, 0.3) is 0 Å². The first-order chi connectivity index (χ1) is 10.2. The van der Waals surface area contributed by atoms with E-state index in [0.717, 1.165) is 17.1 Å². The minimum Gasteiger partial charge on any atom is -0.480 e. The minimum atomic E-state index is -0.282. The Morgan fingerprint density at radius 2 is 2.29 bits per heavy atom. The maximum Gasteiger partial charge on any atom is 0.256 e. The van der Waals surface area contributed by atoms with Crippen molar-refractivity contribution in [1.29, 1.82) is 0 Å². The van der Waals surface area contributed by atoms with Gasteiger partial charge < -0.3 is 15.5 Å². The summed E-state index contributed by atoms with van der Waals surface area (Å²) < 4.78 is 5.92. The normalized spacial score (nSPS) is 17.1. The lowest BCUT2D eigenvalue weighted by Gasteiger charge is -2.25. The van der Waals surface area contributed by atoms with Crippen molar-refractivity contribution in [2.75, 3.05) is 11.5 Å². The Morgan fingerprint density at radius 1 is 1.48 bits per heavy atom. The zero-order valence-electron chi connectivity index (χ0n) is 11.8. The number of hydrogen-bond acceptors (Lipinski definition) is 5. The highest BCUT2D eigenvalue weighted by molar-refractivity contribution is 7.99. The fourth-order valence-corrected chi connectivity index (χ4v) is 3.32. The third kappa shape index (κ3) is 2.76. The highest BCUT2D eigenvalue weighted by Crippen LogP contribution is 2.39. The van der Waals surface area contributed by atoms with Crippen LogP contribution in [0.4, 0.5) is 5.82 Å². The van der Waals surface area contributed by atoms with Crippen molar-refractivity contribution in [3.63, 3.8) is 0 Å². The molecule has 21 heavy (non-hydrogen) atoms. The number of ether oxygens (including phenoxy) is 1. The van der Waals surface area contributed by atoms with E-state index >= 15 is 0 Å². The number of nitrogens with zero attached hydrogens (tertiary/aromatic N) is 1. The van der Waals surface area contributed by atoms with Crippen LogP contribution in [0.1, 0.15) is 30.8 Å². The largest absolute Gasteiger partial charge is 0.480 e. The van der Waals surface area contributed by atoms with Crippen LogP contribution >= 0.6 is 11.8 Å². The molecule has 1 aliphatic heterocycles. The first-order valence-corrected chi connectivity index (χ1v) is 7.94. The number of rotatable bonds is 3. The van der Waals surface area contributed by atoms with Crippen LogP contribution in [0.3, 0.4) is 0 Å². The number of aromatic nitrogens is 2. The summed E-state index contributed by atoms with van der Waals surface area (Å²) in [5.41, 5.74) is 6.32. The van der Waals surface area contributed by atoms with Gasteiger partial charge >= 0.3 is 0 Å². The Labute approximate surface area is 126 Å². The van der Waals surface area contributed by atoms with E-state index in [-0.39, 0.29) is 11.7 Å². The summed E-state index contributed by atoms with van der Waals surface area (Å²) in [6, 6.07) is 7.84. The number of thioether (sulfide) groups is 1. The molecular weight excluding hydrogens is 286 g/mol. The van der Waals surface area contributed by atoms with Crippen molar-refractivity contribution in [3.05, 3.63) is 46.0 Å². The molecule has 0 aliphatic carbocycles. The van der Waals surface area contributed by atoms with E-state index in [1.807, 2.05) is 31.2 Å². The predicted molar refractivity (Wildman–Crippen MR) is 83.8 cm³/mol. The fourth-order valence-electron chi connectivity index (χ4n) is 2.33. The van der Waals surface area contributed by atoms with Crippen LogP contribution in [0.5, 0.6) is 5.75 Å². The van der Waals surface area contributed by atoms with Crippen LogP contribution in [0.15, 0.2) is 34.0 Å². The van der Waals surface area contributed by atoms with Gasteiger partial charge in [-0.15, -0.1) is 11.8 Å². The van der Waals surface area contributed by atoms with Crippen molar-refractivity contribution in [3.8, 4) is 5.75 Å². The van der Waals surface area contributed by atoms with E-state index in [1.165, 1.54) is 0 Å². The van der Waals surface area contributed by atoms with Crippen LogP contribution in [0.2, 0.25) is 0 Å². The number of nitrogens with one attached hydrogen (secondary N) is 1. The lowest BCUT2D eigenvalue weighted by atomic mass is 10.2. The van der Waals surface area contributed by atoms with Crippen molar-refractivity contribution < 1.29 is 4.74 Å². The number of nitrogens with two attached hydrogens (primary N) is 1. The molecule has 6 heteroatoms. The molecule has 2 heterocycles. The minimum absolute atomic E-state index is 0.160. The first kappa shape index (κ1) is 14.0. The molecule has 1 atom stereocenters. The number of hydrogen-bond donors (Lipinski definition) is 2. The summed E-state index contributed by atoms with van der Waals surface area (Å²) in [6.07, 6.45) is 1.21. The maximum atomic E-state index is 12.1. The average molecular weight is 303 g/mol. The van der Waals surface area contributed by atoms with E-state index in [1.54, 1.807) is 11.8 Å². The maximum absolute atomic E-state index is 12.1. The van der Waals surface area contributed by atoms with Gasteiger partial charge in [0.2, 0.25) is 0 Å². The molecule has 0 amide bonds. The van der Waals surface area contributed by atoms with E-state index in [9.17, 15) is 4.79 Å². The molecule has 0 radical (unpaired) electrons. The molecule has 0 saturated carbocycles. The van der Waals surface area contributed by atoms with Crippen LogP contribution in [-0.2, 0) is 6.42 Å². The van der Waals surface area contributed by atoms with Gasteiger partial charge in [0.15, 0.2) is 11.9 Å². The third-order valence-electron chi connectivity index (χ3n) is 3.38. The lowest BCUT2D eigenvalue weighted by molar-refractivity contribution is 0.210. The third-order valence-corrected chi connectivity index (χ3v) is 4.50. The van der Waals surface area contributed by atoms with Crippen molar-refractivity contribution in [2.24, 2.45) is 0 Å². The molecular formula is C15H17N3O2S. The fraction of sp³-hybridized carbons (Fsp3) is 0.333. The Bertz CT molecular complexity index is 714. The topological polar surface area (TPSA) is 81.0 Å². The van der Waals surface area contributed by atoms with Crippen molar-refractivity contribution in [2.45, 2.75) is 30.8 Å². The zero-order valence-corrected chi connectivity index (χ0v) is 12.6. The zero-order chi connectivity index (χ0) is 14.8. The van der Waals surface area contributed by atoms with Gasteiger partial charge in [-0.1, -0.05) is 25.5 Å². The van der Waals surface area contributed by atoms with Crippen LogP contribution in [-0.4, -0.2) is 15.7 Å². The molecule has 0 saturated heterocycles. The summed E-state index contributed by atoms with van der Waals surface area (Å²) in [4.78, 5) is 20.4. The van der Waals surface area contributed by atoms with E-state index in [2.05, 4.69) is 9.97 Å². The Kier molecular flexibility index (Phi) is 3.88. The molecule has 110 valence electrons. The number of anilines is 1. The van der Waals surface area contributed by atoms with Crippen LogP contribution in [0, 0.1) is 0 Å². The molecule has 2 aromatic rings. The number of nitrogen functional groups attached to an aromatic ring is 1. The standard InChI is InChI=1S/C15H17N3O2S/c1-2-5-9-13(16)17-14(18-15(9)19)11-8-21-12-7-4-3-6-10(12)20-11/h3-4,6-7,11H,2,5,8H2,1H3,(H3,16,17,18,19). The first-order valence-electron chi connectivity index (χ1n) is 6.96. The smallest absolute Gasteiger partial charge is 0.256 e. The second-order valence-electron chi connectivity index (χ2n) is 4.93. The number of para-hydroxylation sites is 1. The highest BCUT2D eigenvalue weighted by atomic mass is 32.2. The van der Waals surface area contributed by atoms with Gasteiger partial charge in [-0.3, -0.25) is 4.79 Å². The second-order valence-corrected chi connectivity index (χ2v) is 5.99. The SMILES string of the molecule is CCCc1c(N)nc(C2CSc3ccccc3O2)[nH]c1=O. The van der Waals surface area contributed by atoms with Gasteiger partial charge in [0.25, 0.3) is 5.56 Å². The summed E-state index contributed by atoms with van der Waals surface area (Å²) in [5, 5.41) is 0. The molecule has 1 aromatic carbocycles. The van der Waals surface area contributed by atoms with E-state index in [4.69, 9.17) is 10.5 Å². The molecule has 1 aliphatic rings. The van der Waals surface area contributed by atoms with Gasteiger partial charge in [0.05, 0.1) is 5.56 Å². The van der Waals surface area contributed by atoms with E-state index in [0.29, 0.717) is 29.4 Å². The molecule has 0 bridgehead atoms. The van der Waals surface area contributed by atoms with Gasteiger partial charge in [0, 0.05) is 10.6 Å². The summed E-state index contributed by atoms with van der Waals surface area (Å²) in [5.74, 6) is 2.33. The Hall–Kier alpha value is -1.95. The number of fused-ring (bicyclic) bond motifs is 1. The monoisotopic (exact) mass is 303 g/mol. The van der Waals surface area contributed by atoms with Gasteiger partial charge in [-0.2, -0.15) is 0 Å². The molecule has 3 rings (SSSR count). The molecule has 1 aromatic heterocycles. The quantitative estimate of drug-likeness (QED) is 0.910. The number of H-pyrrole nitrogens is 1. The Balaban J connectivity index is 1.91. The molecule has 3 N–H and O–H groups in total. The van der Waals surface area contributed by atoms with Gasteiger partial charge in [-0.05, 0) is 18.6 Å². The average Bonchev–Trinajstić information content (AvgIpc) is 2.50. The second kappa shape index (κ2) is 5.81. The van der Waals surface area contributed by atoms with Crippen molar-refractivity contribution in [1.82, 2.24) is 9.97 Å². The lowest BCUT2D eigenvalue weighted by Crippen LogP contribution is -2.25. The molecule has 5 nitrogen and oxygen atoms in total. The highest BCUT2D eigenvalue weighted by Gasteiger charge is 2.24.